The van der Waals surface area contributed by atoms with Crippen LogP contribution in [-0.2, 0) is 4.79 Å². The molecule has 28 heavy (non-hydrogen) atoms. The van der Waals surface area contributed by atoms with Crippen molar-refractivity contribution < 1.29 is 18.7 Å². The number of thioether (sulfide) groups is 1. The van der Waals surface area contributed by atoms with Gasteiger partial charge in [0.25, 0.3) is 5.91 Å². The second kappa shape index (κ2) is 9.54. The second-order valence-corrected chi connectivity index (χ2v) is 7.47. The topological polar surface area (TPSA) is 80.3 Å². The van der Waals surface area contributed by atoms with Crippen LogP contribution in [0.4, 0.5) is 4.39 Å². The lowest BCUT2D eigenvalue weighted by Crippen LogP contribution is -2.42. The van der Waals surface area contributed by atoms with Crippen LogP contribution < -0.4 is 15.4 Å². The van der Waals surface area contributed by atoms with Crippen LogP contribution in [0.5, 0.6) is 11.6 Å². The molecule has 148 valence electrons. The highest BCUT2D eigenvalue weighted by Crippen LogP contribution is 2.27. The summed E-state index contributed by atoms with van der Waals surface area (Å²) in [6.07, 6.45) is 6.75. The zero-order chi connectivity index (χ0) is 19.9. The summed E-state index contributed by atoms with van der Waals surface area (Å²) in [6, 6.07) is 8.62. The molecule has 0 atom stereocenters. The monoisotopic (exact) mass is 403 g/mol. The Bertz CT molecular complexity index is 841. The Morgan fingerprint density at radius 2 is 2.00 bits per heavy atom. The molecule has 1 fully saturated rings. The molecular weight excluding hydrogens is 381 g/mol. The van der Waals surface area contributed by atoms with E-state index in [1.54, 1.807) is 17.8 Å². The molecule has 2 amide bonds. The lowest BCUT2D eigenvalue weighted by Gasteiger charge is -2.28. The largest absolute Gasteiger partial charge is 0.438 e. The molecule has 1 aliphatic rings. The molecule has 0 radical (unpaired) electrons. The van der Waals surface area contributed by atoms with Gasteiger partial charge in [0.15, 0.2) is 0 Å². The van der Waals surface area contributed by atoms with Crippen LogP contribution >= 0.6 is 11.8 Å². The number of halogens is 1. The average Bonchev–Trinajstić information content (AvgIpc) is 2.71. The first-order valence-electron chi connectivity index (χ1n) is 9.07. The van der Waals surface area contributed by atoms with Gasteiger partial charge < -0.3 is 15.4 Å². The Morgan fingerprint density at radius 1 is 1.25 bits per heavy atom. The molecule has 1 saturated carbocycles. The minimum absolute atomic E-state index is 0.0341. The normalized spacial score (nSPS) is 18.9. The van der Waals surface area contributed by atoms with Gasteiger partial charge in [0.2, 0.25) is 12.3 Å². The Kier molecular flexibility index (Phi) is 6.86. The summed E-state index contributed by atoms with van der Waals surface area (Å²) in [5.74, 6) is -0.432. The van der Waals surface area contributed by atoms with Gasteiger partial charge in [0.1, 0.15) is 17.1 Å². The predicted octanol–water partition coefficient (Wildman–Crippen LogP) is 3.52. The van der Waals surface area contributed by atoms with E-state index in [1.807, 2.05) is 24.5 Å². The number of nitrogens with zero attached hydrogens (tertiary/aromatic N) is 1. The van der Waals surface area contributed by atoms with Crippen LogP contribution in [0.2, 0.25) is 0 Å². The zero-order valence-corrected chi connectivity index (χ0v) is 16.3. The van der Waals surface area contributed by atoms with Crippen LogP contribution in [0.3, 0.4) is 0 Å². The number of benzene rings is 1. The van der Waals surface area contributed by atoms with Crippen LogP contribution in [0.15, 0.2) is 41.4 Å². The third kappa shape index (κ3) is 5.22. The van der Waals surface area contributed by atoms with E-state index in [9.17, 15) is 14.0 Å². The molecule has 0 unspecified atom stereocenters. The highest BCUT2D eigenvalue weighted by Gasteiger charge is 2.24. The van der Waals surface area contributed by atoms with Crippen LogP contribution in [0, 0.1) is 5.82 Å². The van der Waals surface area contributed by atoms with E-state index in [4.69, 9.17) is 4.74 Å². The van der Waals surface area contributed by atoms with Gasteiger partial charge in [0, 0.05) is 17.0 Å². The zero-order valence-electron chi connectivity index (χ0n) is 15.5. The van der Waals surface area contributed by atoms with Crippen molar-refractivity contribution in [3.05, 3.63) is 47.9 Å². The van der Waals surface area contributed by atoms with E-state index in [1.165, 1.54) is 0 Å². The van der Waals surface area contributed by atoms with Crippen LogP contribution in [0.25, 0.3) is 0 Å². The number of pyridine rings is 1. The third-order valence-electron chi connectivity index (χ3n) is 4.68. The Balaban J connectivity index is 1.71. The minimum atomic E-state index is -0.603. The quantitative estimate of drug-likeness (QED) is 0.546. The number of carbonyl (C=O) groups excluding carboxylic acids is 2. The molecule has 0 bridgehead atoms. The van der Waals surface area contributed by atoms with Crippen molar-refractivity contribution in [1.82, 2.24) is 15.6 Å². The van der Waals surface area contributed by atoms with E-state index in [0.29, 0.717) is 12.2 Å². The lowest BCUT2D eigenvalue weighted by molar-refractivity contribution is -0.110. The van der Waals surface area contributed by atoms with Gasteiger partial charge in [-0.3, -0.25) is 9.59 Å². The van der Waals surface area contributed by atoms with Crippen molar-refractivity contribution in [2.45, 2.75) is 42.7 Å². The maximum atomic E-state index is 13.7. The number of amides is 2. The minimum Gasteiger partial charge on any atom is -0.438 e. The highest BCUT2D eigenvalue weighted by molar-refractivity contribution is 7.98. The van der Waals surface area contributed by atoms with Gasteiger partial charge in [0.05, 0.1) is 6.20 Å². The molecule has 0 spiro atoms. The summed E-state index contributed by atoms with van der Waals surface area (Å²) in [7, 11) is 0. The number of nitrogens with one attached hydrogen (secondary N) is 2. The molecule has 0 aliphatic heterocycles. The molecule has 8 heteroatoms. The standard InChI is InChI=1S/C20H22FN3O3S/c1-28-17-4-2-3-16(10-17)27-20-18(9-13(21)11-22-20)19(26)24-15-7-5-14(6-8-15)23-12-25/h2-4,9-12,14-15H,5-8H2,1H3,(H,23,25)(H,24,26). The van der Waals surface area contributed by atoms with Crippen molar-refractivity contribution >= 4 is 24.1 Å². The average molecular weight is 403 g/mol. The summed E-state index contributed by atoms with van der Waals surface area (Å²) >= 11 is 1.57. The van der Waals surface area contributed by atoms with Gasteiger partial charge in [-0.15, -0.1) is 11.8 Å². The van der Waals surface area contributed by atoms with E-state index in [-0.39, 0.29) is 23.5 Å². The fourth-order valence-corrected chi connectivity index (χ4v) is 3.66. The molecule has 1 aromatic carbocycles. The predicted molar refractivity (Wildman–Crippen MR) is 105 cm³/mol. The van der Waals surface area contributed by atoms with Gasteiger partial charge in [-0.1, -0.05) is 6.07 Å². The van der Waals surface area contributed by atoms with Gasteiger partial charge in [-0.2, -0.15) is 0 Å². The first kappa shape index (κ1) is 20.1. The Hall–Kier alpha value is -2.61. The fraction of sp³-hybridized carbons (Fsp3) is 0.350. The molecule has 2 N–H and O–H groups in total. The SMILES string of the molecule is CSc1cccc(Oc2ncc(F)cc2C(=O)NC2CCC(NC=O)CC2)c1. The van der Waals surface area contributed by atoms with Crippen molar-refractivity contribution in [1.29, 1.82) is 0 Å². The number of ether oxygens (including phenoxy) is 1. The summed E-state index contributed by atoms with van der Waals surface area (Å²) in [6.45, 7) is 0. The number of carbonyl (C=O) groups is 2. The van der Waals surface area contributed by atoms with Crippen LogP contribution in [0.1, 0.15) is 36.0 Å². The van der Waals surface area contributed by atoms with Gasteiger partial charge >= 0.3 is 0 Å². The lowest BCUT2D eigenvalue weighted by atomic mass is 9.91. The molecule has 6 nitrogen and oxygen atoms in total. The third-order valence-corrected chi connectivity index (χ3v) is 5.41. The fourth-order valence-electron chi connectivity index (χ4n) is 3.21. The highest BCUT2D eigenvalue weighted by atomic mass is 32.2. The Labute approximate surface area is 167 Å². The molecule has 2 aromatic rings. The first-order valence-corrected chi connectivity index (χ1v) is 10.3. The van der Waals surface area contributed by atoms with Crippen LogP contribution in [-0.4, -0.2) is 35.6 Å². The van der Waals surface area contributed by atoms with Gasteiger partial charge in [-0.25, -0.2) is 9.37 Å². The number of hydrogen-bond acceptors (Lipinski definition) is 5. The second-order valence-electron chi connectivity index (χ2n) is 6.59. The molecular formula is C20H22FN3O3S. The molecule has 1 heterocycles. The van der Waals surface area contributed by atoms with Crippen molar-refractivity contribution in [2.75, 3.05) is 6.26 Å². The smallest absolute Gasteiger partial charge is 0.257 e. The van der Waals surface area contributed by atoms with E-state index >= 15 is 0 Å². The van der Waals surface area contributed by atoms with Gasteiger partial charge in [-0.05, 0) is 56.2 Å². The van der Waals surface area contributed by atoms with Crippen molar-refractivity contribution in [3.63, 3.8) is 0 Å². The molecule has 1 aromatic heterocycles. The van der Waals surface area contributed by atoms with E-state index in [2.05, 4.69) is 15.6 Å². The summed E-state index contributed by atoms with van der Waals surface area (Å²) in [5, 5.41) is 5.70. The molecule has 1 aliphatic carbocycles. The van der Waals surface area contributed by atoms with Crippen molar-refractivity contribution in [2.24, 2.45) is 0 Å². The van der Waals surface area contributed by atoms with E-state index < -0.39 is 11.7 Å². The molecule has 0 saturated heterocycles. The number of hydrogen-bond donors (Lipinski definition) is 2. The summed E-state index contributed by atoms with van der Waals surface area (Å²) < 4.78 is 19.5. The maximum Gasteiger partial charge on any atom is 0.257 e. The number of aromatic nitrogens is 1. The molecule has 3 rings (SSSR count). The maximum absolute atomic E-state index is 13.7. The summed E-state index contributed by atoms with van der Waals surface area (Å²) in [5.41, 5.74) is 0.0581. The Morgan fingerprint density at radius 3 is 2.71 bits per heavy atom. The summed E-state index contributed by atoms with van der Waals surface area (Å²) in [4.78, 5) is 28.2. The first-order chi connectivity index (χ1) is 13.6. The van der Waals surface area contributed by atoms with E-state index in [0.717, 1.165) is 42.8 Å². The number of rotatable bonds is 7. The van der Waals surface area contributed by atoms with Crippen molar-refractivity contribution in [3.8, 4) is 11.6 Å².